The van der Waals surface area contributed by atoms with Gasteiger partial charge in [0.05, 0.1) is 0 Å². The second kappa shape index (κ2) is 11.6. The Kier molecular flexibility index (Phi) is 8.56. The summed E-state index contributed by atoms with van der Waals surface area (Å²) in [6.45, 7) is 0.419. The first-order chi connectivity index (χ1) is 15.5. The molecule has 3 N–H and O–H groups in total. The maximum absolute atomic E-state index is 12.5. The van der Waals surface area contributed by atoms with E-state index in [9.17, 15) is 14.4 Å². The number of amides is 2. The van der Waals surface area contributed by atoms with E-state index in [1.54, 1.807) is 11.8 Å². The second-order valence-corrected chi connectivity index (χ2v) is 8.58. The van der Waals surface area contributed by atoms with Crippen LogP contribution in [0.1, 0.15) is 36.3 Å². The highest BCUT2D eigenvalue weighted by Crippen LogP contribution is 2.44. The van der Waals surface area contributed by atoms with Crippen molar-refractivity contribution in [3.05, 3.63) is 59.7 Å². The van der Waals surface area contributed by atoms with Gasteiger partial charge in [0.15, 0.2) is 0 Å². The van der Waals surface area contributed by atoms with Crippen LogP contribution in [-0.4, -0.2) is 54.3 Å². The molecule has 0 saturated carbocycles. The van der Waals surface area contributed by atoms with E-state index in [-0.39, 0.29) is 31.4 Å². The van der Waals surface area contributed by atoms with Crippen molar-refractivity contribution in [1.82, 2.24) is 10.6 Å². The number of hydrogen-bond donors (Lipinski definition) is 3. The molecule has 0 heterocycles. The van der Waals surface area contributed by atoms with Crippen molar-refractivity contribution < 1.29 is 24.2 Å². The summed E-state index contributed by atoms with van der Waals surface area (Å²) < 4.78 is 5.54. The van der Waals surface area contributed by atoms with Crippen LogP contribution in [0.2, 0.25) is 0 Å². The van der Waals surface area contributed by atoms with Gasteiger partial charge in [0.1, 0.15) is 12.6 Å². The van der Waals surface area contributed by atoms with Gasteiger partial charge in [0, 0.05) is 18.9 Å². The number of hydrogen-bond acceptors (Lipinski definition) is 5. The Hall–Kier alpha value is -3.00. The number of carbonyl (C=O) groups is 3. The van der Waals surface area contributed by atoms with Crippen molar-refractivity contribution in [2.45, 2.75) is 31.2 Å². The molecule has 1 atom stereocenters. The molecule has 0 spiro atoms. The van der Waals surface area contributed by atoms with Crippen LogP contribution >= 0.6 is 11.8 Å². The topological polar surface area (TPSA) is 105 Å². The van der Waals surface area contributed by atoms with Crippen LogP contribution in [0.25, 0.3) is 11.1 Å². The largest absolute Gasteiger partial charge is 0.481 e. The lowest BCUT2D eigenvalue weighted by molar-refractivity contribution is -0.137. The standard InChI is InChI=1S/C24H28N2O5S/c1-32-14-12-21(23(29)25-13-6-11-22(27)28)26-24(30)31-15-20-18-9-4-2-7-16(18)17-8-3-5-10-19(17)20/h2-5,7-10,20-21H,6,11-15H2,1H3,(H,25,29)(H,26,30)(H,27,28)/t21-/m0/s1. The molecule has 1 aliphatic carbocycles. The zero-order valence-corrected chi connectivity index (χ0v) is 18.8. The highest BCUT2D eigenvalue weighted by molar-refractivity contribution is 7.98. The molecule has 0 aromatic heterocycles. The summed E-state index contributed by atoms with van der Waals surface area (Å²) in [5, 5.41) is 14.1. The number of carboxylic acids is 1. The molecule has 2 amide bonds. The Morgan fingerprint density at radius 3 is 2.28 bits per heavy atom. The Balaban J connectivity index is 1.58. The first-order valence-electron chi connectivity index (χ1n) is 10.6. The number of nitrogens with one attached hydrogen (secondary N) is 2. The monoisotopic (exact) mass is 456 g/mol. The van der Waals surface area contributed by atoms with E-state index in [1.807, 2.05) is 42.7 Å². The Morgan fingerprint density at radius 1 is 1.06 bits per heavy atom. The van der Waals surface area contributed by atoms with E-state index in [2.05, 4.69) is 22.8 Å². The SMILES string of the molecule is CSCC[C@H](NC(=O)OCC1c2ccccc2-c2ccccc21)C(=O)NCCCC(=O)O. The molecule has 32 heavy (non-hydrogen) atoms. The molecule has 0 radical (unpaired) electrons. The number of alkyl carbamates (subject to hydrolysis) is 1. The number of ether oxygens (including phenoxy) is 1. The minimum absolute atomic E-state index is 0.0183. The van der Waals surface area contributed by atoms with E-state index in [4.69, 9.17) is 9.84 Å². The van der Waals surface area contributed by atoms with Gasteiger partial charge in [-0.05, 0) is 47.1 Å². The molecule has 0 bridgehead atoms. The maximum atomic E-state index is 12.5. The molecule has 0 fully saturated rings. The second-order valence-electron chi connectivity index (χ2n) is 7.59. The van der Waals surface area contributed by atoms with Gasteiger partial charge in [-0.25, -0.2) is 4.79 Å². The Morgan fingerprint density at radius 2 is 1.69 bits per heavy atom. The summed E-state index contributed by atoms with van der Waals surface area (Å²) in [5.74, 6) is -0.604. The zero-order valence-electron chi connectivity index (χ0n) is 18.0. The number of benzene rings is 2. The minimum atomic E-state index is -0.907. The fraction of sp³-hybridized carbons (Fsp3) is 0.375. The number of aliphatic carboxylic acids is 1. The normalized spacial score (nSPS) is 13.0. The predicted octanol–water partition coefficient (Wildman–Crippen LogP) is 3.63. The number of carboxylic acid groups (broad SMARTS) is 1. The third-order valence-electron chi connectivity index (χ3n) is 5.43. The summed E-state index contributed by atoms with van der Waals surface area (Å²) in [6.07, 6.45) is 2.06. The molecule has 8 heteroatoms. The van der Waals surface area contributed by atoms with Crippen LogP contribution in [0, 0.1) is 0 Å². The summed E-state index contributed by atoms with van der Waals surface area (Å²) in [4.78, 5) is 35.6. The molecule has 0 aliphatic heterocycles. The van der Waals surface area contributed by atoms with Crippen molar-refractivity contribution in [3.8, 4) is 11.1 Å². The van der Waals surface area contributed by atoms with Crippen molar-refractivity contribution in [1.29, 1.82) is 0 Å². The lowest BCUT2D eigenvalue weighted by Crippen LogP contribution is -2.47. The van der Waals surface area contributed by atoms with Crippen molar-refractivity contribution in [3.63, 3.8) is 0 Å². The fourth-order valence-electron chi connectivity index (χ4n) is 3.86. The van der Waals surface area contributed by atoms with Crippen LogP contribution in [-0.2, 0) is 14.3 Å². The van der Waals surface area contributed by atoms with Crippen LogP contribution in [0.4, 0.5) is 4.79 Å². The Labute approximate surface area is 191 Å². The number of fused-ring (bicyclic) bond motifs is 3. The van der Waals surface area contributed by atoms with Crippen LogP contribution in [0.3, 0.4) is 0 Å². The van der Waals surface area contributed by atoms with Crippen molar-refractivity contribution >= 4 is 29.7 Å². The minimum Gasteiger partial charge on any atom is -0.481 e. The van der Waals surface area contributed by atoms with Crippen molar-refractivity contribution in [2.24, 2.45) is 0 Å². The fourth-order valence-corrected chi connectivity index (χ4v) is 4.33. The zero-order chi connectivity index (χ0) is 22.9. The smallest absolute Gasteiger partial charge is 0.407 e. The molecular formula is C24H28N2O5S. The van der Waals surface area contributed by atoms with E-state index in [0.717, 1.165) is 22.3 Å². The number of thioether (sulfide) groups is 1. The molecule has 7 nitrogen and oxygen atoms in total. The maximum Gasteiger partial charge on any atom is 0.407 e. The van der Waals surface area contributed by atoms with E-state index >= 15 is 0 Å². The van der Waals surface area contributed by atoms with Gasteiger partial charge in [-0.3, -0.25) is 9.59 Å². The first kappa shape index (κ1) is 23.7. The Bertz CT molecular complexity index is 919. The van der Waals surface area contributed by atoms with E-state index in [1.165, 1.54) is 0 Å². The quantitative estimate of drug-likeness (QED) is 0.446. The molecule has 170 valence electrons. The average Bonchev–Trinajstić information content (AvgIpc) is 3.11. The average molecular weight is 457 g/mol. The third kappa shape index (κ3) is 6.03. The van der Waals surface area contributed by atoms with Crippen LogP contribution in [0.5, 0.6) is 0 Å². The molecule has 2 aromatic rings. The van der Waals surface area contributed by atoms with Gasteiger partial charge in [-0.2, -0.15) is 11.8 Å². The summed E-state index contributed by atoms with van der Waals surface area (Å²) >= 11 is 1.58. The number of carbonyl (C=O) groups excluding carboxylic acids is 2. The van der Waals surface area contributed by atoms with Crippen LogP contribution in [0.15, 0.2) is 48.5 Å². The predicted molar refractivity (Wildman–Crippen MR) is 125 cm³/mol. The summed E-state index contributed by atoms with van der Waals surface area (Å²) in [6, 6.07) is 15.5. The van der Waals surface area contributed by atoms with Gasteiger partial charge in [-0.15, -0.1) is 0 Å². The van der Waals surface area contributed by atoms with Gasteiger partial charge >= 0.3 is 12.1 Å². The van der Waals surface area contributed by atoms with E-state index in [0.29, 0.717) is 18.6 Å². The van der Waals surface area contributed by atoms with Gasteiger partial charge in [0.25, 0.3) is 0 Å². The van der Waals surface area contributed by atoms with Gasteiger partial charge < -0.3 is 20.5 Å². The number of rotatable bonds is 11. The molecule has 0 unspecified atom stereocenters. The summed E-state index contributed by atoms with van der Waals surface area (Å²) in [5.41, 5.74) is 4.54. The van der Waals surface area contributed by atoms with Crippen molar-refractivity contribution in [2.75, 3.05) is 25.2 Å². The lowest BCUT2D eigenvalue weighted by atomic mass is 9.98. The highest BCUT2D eigenvalue weighted by Gasteiger charge is 2.29. The lowest BCUT2D eigenvalue weighted by Gasteiger charge is -2.19. The molecule has 1 aliphatic rings. The van der Waals surface area contributed by atoms with E-state index < -0.39 is 18.1 Å². The van der Waals surface area contributed by atoms with Gasteiger partial charge in [0.2, 0.25) is 5.91 Å². The molecule has 2 aromatic carbocycles. The summed E-state index contributed by atoms with van der Waals surface area (Å²) in [7, 11) is 0. The molecular weight excluding hydrogens is 428 g/mol. The molecule has 0 saturated heterocycles. The highest BCUT2D eigenvalue weighted by atomic mass is 32.2. The van der Waals surface area contributed by atoms with Crippen LogP contribution < -0.4 is 10.6 Å². The third-order valence-corrected chi connectivity index (χ3v) is 6.07. The first-order valence-corrected chi connectivity index (χ1v) is 12.0. The van der Waals surface area contributed by atoms with Gasteiger partial charge in [-0.1, -0.05) is 48.5 Å². The molecule has 3 rings (SSSR count).